The van der Waals surface area contributed by atoms with Crippen molar-refractivity contribution in [2.45, 2.75) is 44.7 Å². The predicted molar refractivity (Wildman–Crippen MR) is 69.0 cm³/mol. The van der Waals surface area contributed by atoms with Crippen molar-refractivity contribution < 1.29 is 23.1 Å². The number of aliphatic carboxylic acids is 1. The maximum Gasteiger partial charge on any atom is 0.326 e. The van der Waals surface area contributed by atoms with E-state index in [1.54, 1.807) is 0 Å². The van der Waals surface area contributed by atoms with Crippen LogP contribution in [0.2, 0.25) is 0 Å². The van der Waals surface area contributed by atoms with Crippen LogP contribution in [-0.4, -0.2) is 54.6 Å². The molecule has 7 nitrogen and oxygen atoms in total. The Morgan fingerprint density at radius 2 is 2.11 bits per heavy atom. The fraction of sp³-hybridized carbons (Fsp3) is 0.818. The van der Waals surface area contributed by atoms with Crippen LogP contribution < -0.4 is 5.32 Å². The predicted octanol–water partition coefficient (Wildman–Crippen LogP) is -0.220. The molecule has 0 radical (unpaired) electrons. The van der Waals surface area contributed by atoms with E-state index in [0.29, 0.717) is 32.2 Å². The van der Waals surface area contributed by atoms with Gasteiger partial charge in [-0.25, -0.2) is 13.2 Å². The van der Waals surface area contributed by atoms with Crippen LogP contribution in [0.25, 0.3) is 0 Å². The largest absolute Gasteiger partial charge is 0.480 e. The molecular weight excluding hydrogens is 272 g/mol. The lowest BCUT2D eigenvalue weighted by atomic mass is 10.1. The molecule has 0 bridgehead atoms. The summed E-state index contributed by atoms with van der Waals surface area (Å²) in [7, 11) is -3.44. The molecule has 0 aliphatic carbocycles. The van der Waals surface area contributed by atoms with E-state index in [2.05, 4.69) is 5.32 Å². The van der Waals surface area contributed by atoms with Gasteiger partial charge in [0.05, 0.1) is 6.26 Å². The third kappa shape index (κ3) is 4.17. The molecule has 0 saturated carbocycles. The van der Waals surface area contributed by atoms with Crippen molar-refractivity contribution in [3.8, 4) is 0 Å². The van der Waals surface area contributed by atoms with Gasteiger partial charge in [0.1, 0.15) is 12.1 Å². The van der Waals surface area contributed by atoms with E-state index < -0.39 is 34.0 Å². The van der Waals surface area contributed by atoms with Crippen molar-refractivity contribution >= 4 is 21.9 Å². The van der Waals surface area contributed by atoms with Gasteiger partial charge in [-0.05, 0) is 19.3 Å². The molecule has 110 valence electrons. The Morgan fingerprint density at radius 1 is 1.47 bits per heavy atom. The van der Waals surface area contributed by atoms with Crippen LogP contribution >= 0.6 is 0 Å². The highest BCUT2D eigenvalue weighted by molar-refractivity contribution is 7.88. The SMILES string of the molecule is CCC[C@@H](NC(=O)[C@H]1CCCN1S(C)(=O)=O)C(=O)O. The molecule has 1 aliphatic heterocycles. The molecule has 1 aliphatic rings. The second-order valence-corrected chi connectivity index (χ2v) is 6.65. The van der Waals surface area contributed by atoms with Gasteiger partial charge in [0, 0.05) is 6.54 Å². The summed E-state index contributed by atoms with van der Waals surface area (Å²) in [5, 5.41) is 11.4. The highest BCUT2D eigenvalue weighted by Gasteiger charge is 2.37. The quantitative estimate of drug-likeness (QED) is 0.704. The van der Waals surface area contributed by atoms with Crippen LogP contribution in [0.5, 0.6) is 0 Å². The molecule has 2 atom stereocenters. The summed E-state index contributed by atoms with van der Waals surface area (Å²) in [6.45, 7) is 2.13. The molecule has 0 aromatic heterocycles. The first-order valence-corrected chi connectivity index (χ1v) is 8.12. The molecule has 0 spiro atoms. The zero-order valence-electron chi connectivity index (χ0n) is 11.1. The number of hydrogen-bond donors (Lipinski definition) is 2. The van der Waals surface area contributed by atoms with Crippen molar-refractivity contribution in [1.82, 2.24) is 9.62 Å². The minimum Gasteiger partial charge on any atom is -0.480 e. The van der Waals surface area contributed by atoms with Crippen LogP contribution in [0.3, 0.4) is 0 Å². The van der Waals surface area contributed by atoms with Gasteiger partial charge in [-0.15, -0.1) is 0 Å². The highest BCUT2D eigenvalue weighted by Crippen LogP contribution is 2.20. The first-order valence-electron chi connectivity index (χ1n) is 6.27. The molecule has 1 amide bonds. The van der Waals surface area contributed by atoms with Crippen LogP contribution in [-0.2, 0) is 19.6 Å². The second kappa shape index (κ2) is 6.33. The monoisotopic (exact) mass is 292 g/mol. The lowest BCUT2D eigenvalue weighted by molar-refractivity contribution is -0.142. The number of carbonyl (C=O) groups excluding carboxylic acids is 1. The number of hydrogen-bond acceptors (Lipinski definition) is 4. The minimum atomic E-state index is -3.44. The first kappa shape index (κ1) is 15.9. The highest BCUT2D eigenvalue weighted by atomic mass is 32.2. The van der Waals surface area contributed by atoms with Crippen LogP contribution in [0.15, 0.2) is 0 Å². The van der Waals surface area contributed by atoms with E-state index >= 15 is 0 Å². The topological polar surface area (TPSA) is 104 Å². The van der Waals surface area contributed by atoms with E-state index in [9.17, 15) is 18.0 Å². The molecule has 2 N–H and O–H groups in total. The Hall–Kier alpha value is -1.15. The van der Waals surface area contributed by atoms with Crippen molar-refractivity contribution in [2.24, 2.45) is 0 Å². The number of sulfonamides is 1. The lowest BCUT2D eigenvalue weighted by Gasteiger charge is -2.23. The molecule has 0 aromatic carbocycles. The van der Waals surface area contributed by atoms with Crippen LogP contribution in [0.1, 0.15) is 32.6 Å². The standard InChI is InChI=1S/C11H20N2O5S/c1-3-5-8(11(15)16)12-10(14)9-6-4-7-13(9)19(2,17)18/h8-9H,3-7H2,1-2H3,(H,12,14)(H,15,16)/t8-,9-/m1/s1. The summed E-state index contributed by atoms with van der Waals surface area (Å²) >= 11 is 0. The summed E-state index contributed by atoms with van der Waals surface area (Å²) in [5.41, 5.74) is 0. The van der Waals surface area contributed by atoms with Crippen molar-refractivity contribution in [1.29, 1.82) is 0 Å². The van der Waals surface area contributed by atoms with Gasteiger partial charge in [-0.1, -0.05) is 13.3 Å². The Bertz CT molecular complexity index is 448. The van der Waals surface area contributed by atoms with E-state index in [1.165, 1.54) is 0 Å². The molecule has 1 fully saturated rings. The fourth-order valence-corrected chi connectivity index (χ4v) is 3.34. The number of carboxylic acids is 1. The molecule has 1 heterocycles. The van der Waals surface area contributed by atoms with E-state index in [0.717, 1.165) is 10.6 Å². The van der Waals surface area contributed by atoms with Gasteiger partial charge < -0.3 is 10.4 Å². The molecule has 0 aromatic rings. The van der Waals surface area contributed by atoms with E-state index in [-0.39, 0.29) is 0 Å². The number of rotatable bonds is 6. The Balaban J connectivity index is 2.74. The average Bonchev–Trinajstić information content (AvgIpc) is 2.76. The third-order valence-electron chi connectivity index (χ3n) is 3.12. The lowest BCUT2D eigenvalue weighted by Crippen LogP contribution is -2.50. The molecule has 0 unspecified atom stereocenters. The Morgan fingerprint density at radius 3 is 2.58 bits per heavy atom. The number of nitrogens with one attached hydrogen (secondary N) is 1. The number of carboxylic acid groups (broad SMARTS) is 1. The van der Waals surface area contributed by atoms with E-state index in [4.69, 9.17) is 5.11 Å². The van der Waals surface area contributed by atoms with Gasteiger partial charge in [0.25, 0.3) is 0 Å². The molecular formula is C11H20N2O5S. The third-order valence-corrected chi connectivity index (χ3v) is 4.41. The Labute approximate surface area is 113 Å². The smallest absolute Gasteiger partial charge is 0.326 e. The van der Waals surface area contributed by atoms with Crippen LogP contribution in [0, 0.1) is 0 Å². The zero-order chi connectivity index (χ0) is 14.6. The van der Waals surface area contributed by atoms with Gasteiger partial charge in [-0.3, -0.25) is 4.79 Å². The van der Waals surface area contributed by atoms with Gasteiger partial charge >= 0.3 is 5.97 Å². The Kier molecular flexibility index (Phi) is 5.30. The number of amides is 1. The number of nitrogens with zero attached hydrogens (tertiary/aromatic N) is 1. The molecule has 19 heavy (non-hydrogen) atoms. The van der Waals surface area contributed by atoms with Gasteiger partial charge in [-0.2, -0.15) is 4.31 Å². The minimum absolute atomic E-state index is 0.308. The molecule has 1 rings (SSSR count). The average molecular weight is 292 g/mol. The first-order chi connectivity index (χ1) is 8.77. The van der Waals surface area contributed by atoms with Crippen LogP contribution in [0.4, 0.5) is 0 Å². The van der Waals surface area contributed by atoms with Gasteiger partial charge in [0.15, 0.2) is 0 Å². The molecule has 8 heteroatoms. The zero-order valence-corrected chi connectivity index (χ0v) is 11.9. The summed E-state index contributed by atoms with van der Waals surface area (Å²) < 4.78 is 24.2. The van der Waals surface area contributed by atoms with E-state index in [1.807, 2.05) is 6.92 Å². The van der Waals surface area contributed by atoms with Crippen molar-refractivity contribution in [2.75, 3.05) is 12.8 Å². The summed E-state index contributed by atoms with van der Waals surface area (Å²) in [6.07, 6.45) is 3.04. The van der Waals surface area contributed by atoms with Gasteiger partial charge in [0.2, 0.25) is 15.9 Å². The van der Waals surface area contributed by atoms with Crippen molar-refractivity contribution in [3.05, 3.63) is 0 Å². The summed E-state index contributed by atoms with van der Waals surface area (Å²) in [6, 6.07) is -1.74. The second-order valence-electron chi connectivity index (χ2n) is 4.72. The maximum atomic E-state index is 12.0. The maximum absolute atomic E-state index is 12.0. The van der Waals surface area contributed by atoms with Crippen molar-refractivity contribution in [3.63, 3.8) is 0 Å². The summed E-state index contributed by atoms with van der Waals surface area (Å²) in [4.78, 5) is 23.0. The normalized spacial score (nSPS) is 22.1. The summed E-state index contributed by atoms with van der Waals surface area (Å²) in [5.74, 6) is -1.62. The fourth-order valence-electron chi connectivity index (χ4n) is 2.21. The number of carbonyl (C=O) groups is 2. The molecule has 1 saturated heterocycles.